The highest BCUT2D eigenvalue weighted by atomic mass is 35.5. The van der Waals surface area contributed by atoms with Gasteiger partial charge in [-0.25, -0.2) is 4.98 Å². The van der Waals surface area contributed by atoms with Crippen molar-refractivity contribution in [1.82, 2.24) is 9.55 Å². The van der Waals surface area contributed by atoms with E-state index in [9.17, 15) is 4.79 Å². The number of carbonyl (C=O) groups is 1. The number of aryl methyl sites for hydroxylation is 2. The quantitative estimate of drug-likeness (QED) is 0.577. The summed E-state index contributed by atoms with van der Waals surface area (Å²) in [5.74, 6) is 0. The molecule has 0 bridgehead atoms. The summed E-state index contributed by atoms with van der Waals surface area (Å²) in [6.07, 6.45) is 1.29. The van der Waals surface area contributed by atoms with Gasteiger partial charge < -0.3 is 9.36 Å². The standard InChI is InChI=1S/C11H11ClN2O/c1-7-5-10-9(11(12)13-7)6-8(3-4-15)14(10)2/h4-6H,3H2,1-2H3. The summed E-state index contributed by atoms with van der Waals surface area (Å²) in [4.78, 5) is 14.7. The molecule has 0 aromatic carbocycles. The Bertz CT molecular complexity index is 531. The molecular weight excluding hydrogens is 212 g/mol. The molecule has 0 fully saturated rings. The van der Waals surface area contributed by atoms with Crippen LogP contribution in [0.2, 0.25) is 5.15 Å². The van der Waals surface area contributed by atoms with E-state index in [1.807, 2.05) is 30.7 Å². The second kappa shape index (κ2) is 3.66. The summed E-state index contributed by atoms with van der Waals surface area (Å²) in [6.45, 7) is 1.90. The molecule has 0 aliphatic carbocycles. The van der Waals surface area contributed by atoms with Gasteiger partial charge in [0.2, 0.25) is 0 Å². The number of rotatable bonds is 2. The van der Waals surface area contributed by atoms with Crippen molar-refractivity contribution in [2.75, 3.05) is 0 Å². The molecule has 2 aromatic rings. The van der Waals surface area contributed by atoms with Crippen LogP contribution < -0.4 is 0 Å². The maximum Gasteiger partial charge on any atom is 0.138 e. The van der Waals surface area contributed by atoms with Crippen LogP contribution in [0.5, 0.6) is 0 Å². The summed E-state index contributed by atoms with van der Waals surface area (Å²) in [6, 6.07) is 3.88. The number of hydrogen-bond donors (Lipinski definition) is 0. The van der Waals surface area contributed by atoms with Gasteiger partial charge in [0.15, 0.2) is 0 Å². The minimum absolute atomic E-state index is 0.403. The molecule has 0 spiro atoms. The maximum absolute atomic E-state index is 10.5. The normalized spacial score (nSPS) is 10.9. The van der Waals surface area contributed by atoms with Gasteiger partial charge in [0.05, 0.1) is 5.52 Å². The summed E-state index contributed by atoms with van der Waals surface area (Å²) < 4.78 is 1.98. The van der Waals surface area contributed by atoms with E-state index < -0.39 is 0 Å². The van der Waals surface area contributed by atoms with Crippen molar-refractivity contribution in [2.45, 2.75) is 13.3 Å². The summed E-state index contributed by atoms with van der Waals surface area (Å²) >= 11 is 6.04. The van der Waals surface area contributed by atoms with Gasteiger partial charge in [-0.2, -0.15) is 0 Å². The minimum atomic E-state index is 0.403. The Morgan fingerprint density at radius 3 is 2.93 bits per heavy atom. The minimum Gasteiger partial charge on any atom is -0.347 e. The zero-order valence-electron chi connectivity index (χ0n) is 8.62. The van der Waals surface area contributed by atoms with Gasteiger partial charge in [-0.05, 0) is 19.1 Å². The monoisotopic (exact) mass is 222 g/mol. The molecule has 0 unspecified atom stereocenters. The maximum atomic E-state index is 10.5. The summed E-state index contributed by atoms with van der Waals surface area (Å²) in [5.41, 5.74) is 2.85. The molecule has 0 saturated carbocycles. The number of aromatic nitrogens is 2. The molecule has 3 nitrogen and oxygen atoms in total. The van der Waals surface area contributed by atoms with Gasteiger partial charge in [0, 0.05) is 30.2 Å². The van der Waals surface area contributed by atoms with Crippen LogP contribution in [0.15, 0.2) is 12.1 Å². The molecule has 0 aliphatic rings. The molecule has 2 heterocycles. The average Bonchev–Trinajstić information content (AvgIpc) is 2.47. The Labute approximate surface area is 92.7 Å². The molecular formula is C11H11ClN2O. The Hall–Kier alpha value is -1.35. The van der Waals surface area contributed by atoms with E-state index in [2.05, 4.69) is 4.98 Å². The third-order valence-corrected chi connectivity index (χ3v) is 2.80. The van der Waals surface area contributed by atoms with Crippen molar-refractivity contribution in [3.05, 3.63) is 28.7 Å². The van der Waals surface area contributed by atoms with Crippen LogP contribution in [-0.4, -0.2) is 15.8 Å². The SMILES string of the molecule is Cc1cc2c(cc(CC=O)n2C)c(Cl)n1. The van der Waals surface area contributed by atoms with E-state index in [4.69, 9.17) is 11.6 Å². The lowest BCUT2D eigenvalue weighted by Crippen LogP contribution is -1.96. The van der Waals surface area contributed by atoms with E-state index in [1.54, 1.807) is 0 Å². The fourth-order valence-electron chi connectivity index (χ4n) is 1.74. The molecule has 78 valence electrons. The molecule has 15 heavy (non-hydrogen) atoms. The third kappa shape index (κ3) is 1.63. The fourth-order valence-corrected chi connectivity index (χ4v) is 2.02. The predicted molar refractivity (Wildman–Crippen MR) is 60.2 cm³/mol. The van der Waals surface area contributed by atoms with E-state index in [-0.39, 0.29) is 0 Å². The zero-order chi connectivity index (χ0) is 11.0. The number of aldehydes is 1. The Morgan fingerprint density at radius 2 is 2.27 bits per heavy atom. The van der Waals surface area contributed by atoms with Crippen molar-refractivity contribution in [2.24, 2.45) is 7.05 Å². The molecule has 0 saturated heterocycles. The van der Waals surface area contributed by atoms with E-state index >= 15 is 0 Å². The zero-order valence-corrected chi connectivity index (χ0v) is 9.38. The second-order valence-electron chi connectivity index (χ2n) is 3.55. The summed E-state index contributed by atoms with van der Waals surface area (Å²) in [5, 5.41) is 1.40. The Balaban J connectivity index is 2.75. The topological polar surface area (TPSA) is 34.9 Å². The van der Waals surface area contributed by atoms with Crippen LogP contribution in [-0.2, 0) is 18.3 Å². The fraction of sp³-hybridized carbons (Fsp3) is 0.273. The molecule has 0 radical (unpaired) electrons. The second-order valence-corrected chi connectivity index (χ2v) is 3.91. The van der Waals surface area contributed by atoms with Crippen molar-refractivity contribution in [3.63, 3.8) is 0 Å². The van der Waals surface area contributed by atoms with Gasteiger partial charge >= 0.3 is 0 Å². The Morgan fingerprint density at radius 1 is 1.53 bits per heavy atom. The molecule has 2 rings (SSSR count). The van der Waals surface area contributed by atoms with Crippen molar-refractivity contribution < 1.29 is 4.79 Å². The van der Waals surface area contributed by atoms with Crippen LogP contribution >= 0.6 is 11.6 Å². The Kier molecular flexibility index (Phi) is 2.49. The molecule has 2 aromatic heterocycles. The van der Waals surface area contributed by atoms with E-state index in [0.29, 0.717) is 11.6 Å². The molecule has 0 amide bonds. The first-order chi connectivity index (χ1) is 7.13. The smallest absolute Gasteiger partial charge is 0.138 e. The van der Waals surface area contributed by atoms with Gasteiger partial charge in [-0.1, -0.05) is 11.6 Å². The highest BCUT2D eigenvalue weighted by molar-refractivity contribution is 6.34. The van der Waals surface area contributed by atoms with Crippen LogP contribution in [0.3, 0.4) is 0 Å². The highest BCUT2D eigenvalue weighted by Crippen LogP contribution is 2.25. The molecule has 0 N–H and O–H groups in total. The average molecular weight is 223 g/mol. The lowest BCUT2D eigenvalue weighted by atomic mass is 10.3. The largest absolute Gasteiger partial charge is 0.347 e. The number of fused-ring (bicyclic) bond motifs is 1. The lowest BCUT2D eigenvalue weighted by Gasteiger charge is -2.01. The lowest BCUT2D eigenvalue weighted by molar-refractivity contribution is -0.107. The van der Waals surface area contributed by atoms with Gasteiger partial charge in [-0.3, -0.25) is 0 Å². The first kappa shape index (κ1) is 10.2. The van der Waals surface area contributed by atoms with Gasteiger partial charge in [0.25, 0.3) is 0 Å². The van der Waals surface area contributed by atoms with Crippen molar-refractivity contribution in [3.8, 4) is 0 Å². The van der Waals surface area contributed by atoms with Crippen LogP contribution in [0.25, 0.3) is 10.9 Å². The number of nitrogens with zero attached hydrogens (tertiary/aromatic N) is 2. The first-order valence-electron chi connectivity index (χ1n) is 4.68. The van der Waals surface area contributed by atoms with Crippen molar-refractivity contribution in [1.29, 1.82) is 0 Å². The molecule has 4 heteroatoms. The van der Waals surface area contributed by atoms with Gasteiger partial charge in [0.1, 0.15) is 11.4 Å². The molecule has 0 atom stereocenters. The first-order valence-corrected chi connectivity index (χ1v) is 5.06. The predicted octanol–water partition coefficient (Wildman–Crippen LogP) is 2.28. The number of hydrogen-bond acceptors (Lipinski definition) is 2. The highest BCUT2D eigenvalue weighted by Gasteiger charge is 2.09. The van der Waals surface area contributed by atoms with E-state index in [0.717, 1.165) is 28.6 Å². The van der Waals surface area contributed by atoms with E-state index in [1.165, 1.54) is 0 Å². The van der Waals surface area contributed by atoms with Crippen LogP contribution in [0.4, 0.5) is 0 Å². The molecule has 0 aliphatic heterocycles. The number of pyridine rings is 1. The number of carbonyl (C=O) groups excluding carboxylic acids is 1. The van der Waals surface area contributed by atoms with Crippen molar-refractivity contribution >= 4 is 28.8 Å². The summed E-state index contributed by atoms with van der Waals surface area (Å²) in [7, 11) is 1.93. The number of halogens is 1. The van der Waals surface area contributed by atoms with Crippen LogP contribution in [0.1, 0.15) is 11.4 Å². The van der Waals surface area contributed by atoms with Crippen LogP contribution in [0, 0.1) is 6.92 Å². The third-order valence-electron chi connectivity index (χ3n) is 2.51. The van der Waals surface area contributed by atoms with Gasteiger partial charge in [-0.15, -0.1) is 0 Å².